The Morgan fingerprint density at radius 1 is 1.00 bits per heavy atom. The number of hydrogen-bond donors (Lipinski definition) is 2. The van der Waals surface area contributed by atoms with Crippen molar-refractivity contribution in [1.29, 1.82) is 0 Å². The Balaban J connectivity index is 1.48. The third kappa shape index (κ3) is 7.55. The van der Waals surface area contributed by atoms with E-state index in [1.165, 1.54) is 44.5 Å². The summed E-state index contributed by atoms with van der Waals surface area (Å²) in [6.07, 6.45) is 4.91. The molecule has 0 radical (unpaired) electrons. The normalized spacial score (nSPS) is 21.0. The molecule has 0 amide bonds. The Kier molecular flexibility index (Phi) is 9.93. The van der Waals surface area contributed by atoms with Crippen LogP contribution in [0.25, 0.3) is 0 Å². The number of benzene rings is 1. The first-order valence-corrected chi connectivity index (χ1v) is 12.3. The lowest BCUT2D eigenvalue weighted by Gasteiger charge is -2.31. The molecule has 0 saturated carbocycles. The molecule has 32 heavy (non-hydrogen) atoms. The average Bonchev–Trinajstić information content (AvgIpc) is 3.25. The molecule has 1 aromatic carbocycles. The van der Waals surface area contributed by atoms with Gasteiger partial charge in [-0.2, -0.15) is 0 Å². The number of guanidine groups is 1. The first-order valence-electron chi connectivity index (χ1n) is 12.3. The molecule has 7 heteroatoms. The zero-order valence-electron chi connectivity index (χ0n) is 20.5. The van der Waals surface area contributed by atoms with E-state index in [9.17, 15) is 0 Å². The van der Waals surface area contributed by atoms with Crippen molar-refractivity contribution in [1.82, 2.24) is 20.4 Å². The summed E-state index contributed by atoms with van der Waals surface area (Å²) in [5, 5.41) is 7.13. The zero-order chi connectivity index (χ0) is 22.8. The van der Waals surface area contributed by atoms with Crippen LogP contribution in [0.4, 0.5) is 0 Å². The van der Waals surface area contributed by atoms with E-state index in [1.54, 1.807) is 14.2 Å². The molecule has 0 bridgehead atoms. The van der Waals surface area contributed by atoms with Gasteiger partial charge in [0.15, 0.2) is 5.96 Å². The van der Waals surface area contributed by atoms with Crippen molar-refractivity contribution in [2.75, 3.05) is 60.0 Å². The van der Waals surface area contributed by atoms with Gasteiger partial charge in [-0.15, -0.1) is 0 Å². The average molecular weight is 446 g/mol. The first kappa shape index (κ1) is 24.6. The molecular weight excluding hydrogens is 402 g/mol. The van der Waals surface area contributed by atoms with Crippen LogP contribution in [-0.2, 0) is 6.54 Å². The van der Waals surface area contributed by atoms with Gasteiger partial charge in [0, 0.05) is 44.8 Å². The molecule has 2 heterocycles. The minimum Gasteiger partial charge on any atom is -0.497 e. The highest BCUT2D eigenvalue weighted by Crippen LogP contribution is 2.24. The maximum absolute atomic E-state index is 5.42. The number of rotatable bonds is 10. The lowest BCUT2D eigenvalue weighted by Crippen LogP contribution is -2.45. The fourth-order valence-electron chi connectivity index (χ4n) is 4.75. The van der Waals surface area contributed by atoms with Crippen LogP contribution in [0.5, 0.6) is 11.5 Å². The van der Waals surface area contributed by atoms with Crippen molar-refractivity contribution in [3.05, 3.63) is 23.8 Å². The maximum Gasteiger partial charge on any atom is 0.191 e. The van der Waals surface area contributed by atoms with E-state index in [2.05, 4.69) is 46.4 Å². The highest BCUT2D eigenvalue weighted by molar-refractivity contribution is 5.80. The number of nitrogens with zero attached hydrogens (tertiary/aromatic N) is 3. The lowest BCUT2D eigenvalue weighted by molar-refractivity contribution is 0.188. The number of methoxy groups -OCH3 is 2. The second kappa shape index (κ2) is 12.9. The fraction of sp³-hybridized carbons (Fsp3) is 0.720. The fourth-order valence-corrected chi connectivity index (χ4v) is 4.75. The topological polar surface area (TPSA) is 61.4 Å². The molecule has 2 aliphatic rings. The second-order valence-corrected chi connectivity index (χ2v) is 9.09. The van der Waals surface area contributed by atoms with Gasteiger partial charge in [-0.1, -0.05) is 6.92 Å². The van der Waals surface area contributed by atoms with Crippen molar-refractivity contribution < 1.29 is 9.47 Å². The maximum atomic E-state index is 5.42. The third-order valence-electron chi connectivity index (χ3n) is 6.53. The van der Waals surface area contributed by atoms with Crippen LogP contribution in [0.15, 0.2) is 23.2 Å². The Bertz CT molecular complexity index is 696. The molecule has 7 nitrogen and oxygen atoms in total. The summed E-state index contributed by atoms with van der Waals surface area (Å²) in [4.78, 5) is 10.0. The number of ether oxygens (including phenoxy) is 2. The van der Waals surface area contributed by atoms with Gasteiger partial charge in [0.05, 0.1) is 14.2 Å². The Morgan fingerprint density at radius 2 is 1.69 bits per heavy atom. The molecule has 180 valence electrons. The summed E-state index contributed by atoms with van der Waals surface area (Å²) in [5.74, 6) is 3.37. The summed E-state index contributed by atoms with van der Waals surface area (Å²) in [5.41, 5.74) is 1.22. The van der Waals surface area contributed by atoms with Crippen LogP contribution in [0, 0.1) is 5.92 Å². The predicted molar refractivity (Wildman–Crippen MR) is 132 cm³/mol. The molecule has 2 saturated heterocycles. The van der Waals surface area contributed by atoms with E-state index >= 15 is 0 Å². The van der Waals surface area contributed by atoms with Crippen LogP contribution in [0.1, 0.15) is 45.1 Å². The summed E-state index contributed by atoms with van der Waals surface area (Å²) >= 11 is 0. The van der Waals surface area contributed by atoms with Gasteiger partial charge in [-0.05, 0) is 75.9 Å². The molecule has 1 atom stereocenters. The van der Waals surface area contributed by atoms with Gasteiger partial charge in [0.25, 0.3) is 0 Å². The van der Waals surface area contributed by atoms with Gasteiger partial charge >= 0.3 is 0 Å². The van der Waals surface area contributed by atoms with Gasteiger partial charge < -0.3 is 25.0 Å². The third-order valence-corrected chi connectivity index (χ3v) is 6.53. The van der Waals surface area contributed by atoms with Crippen LogP contribution >= 0.6 is 0 Å². The zero-order valence-corrected chi connectivity index (χ0v) is 20.5. The summed E-state index contributed by atoms with van der Waals surface area (Å²) < 4.78 is 10.8. The Hall–Kier alpha value is -1.99. The molecule has 1 unspecified atom stereocenters. The summed E-state index contributed by atoms with van der Waals surface area (Å²) in [7, 11) is 3.40. The summed E-state index contributed by atoms with van der Waals surface area (Å²) in [6, 6.07) is 6.54. The highest BCUT2D eigenvalue weighted by atomic mass is 16.5. The van der Waals surface area contributed by atoms with Crippen LogP contribution < -0.4 is 20.1 Å². The molecule has 2 aliphatic heterocycles. The van der Waals surface area contributed by atoms with Crippen molar-refractivity contribution in [2.24, 2.45) is 10.9 Å². The molecule has 2 N–H and O–H groups in total. The van der Waals surface area contributed by atoms with E-state index in [-0.39, 0.29) is 0 Å². The quantitative estimate of drug-likeness (QED) is 0.427. The van der Waals surface area contributed by atoms with E-state index in [0.717, 1.165) is 56.6 Å². The molecule has 0 aromatic heterocycles. The smallest absolute Gasteiger partial charge is 0.191 e. The molecule has 0 aliphatic carbocycles. The number of hydrogen-bond acceptors (Lipinski definition) is 5. The van der Waals surface area contributed by atoms with Crippen molar-refractivity contribution >= 4 is 5.96 Å². The first-order chi connectivity index (χ1) is 15.6. The van der Waals surface area contributed by atoms with E-state index in [1.807, 2.05) is 6.07 Å². The van der Waals surface area contributed by atoms with Gasteiger partial charge in [0.1, 0.15) is 11.5 Å². The van der Waals surface area contributed by atoms with Crippen molar-refractivity contribution in [3.63, 3.8) is 0 Å². The number of nitrogens with one attached hydrogen (secondary N) is 2. The van der Waals surface area contributed by atoms with E-state index in [4.69, 9.17) is 14.5 Å². The Labute approximate surface area is 194 Å². The molecular formula is C25H43N5O2. The SMILES string of the molecule is CCCN1CCC(CN=C(NCC)NC2CCN(Cc3cc(OC)cc(OC)c3)C2)CC1. The lowest BCUT2D eigenvalue weighted by atomic mass is 9.97. The van der Waals surface area contributed by atoms with Crippen molar-refractivity contribution in [2.45, 2.75) is 52.1 Å². The monoisotopic (exact) mass is 445 g/mol. The van der Waals surface area contributed by atoms with Gasteiger partial charge in [-0.3, -0.25) is 9.89 Å². The number of piperidine rings is 1. The largest absolute Gasteiger partial charge is 0.497 e. The summed E-state index contributed by atoms with van der Waals surface area (Å²) in [6.45, 7) is 12.9. The molecule has 0 spiro atoms. The molecule has 3 rings (SSSR count). The number of aliphatic imine (C=N–C) groups is 1. The minimum absolute atomic E-state index is 0.423. The van der Waals surface area contributed by atoms with Crippen LogP contribution in [-0.4, -0.2) is 81.8 Å². The van der Waals surface area contributed by atoms with Gasteiger partial charge in [-0.25, -0.2) is 0 Å². The van der Waals surface area contributed by atoms with Crippen LogP contribution in [0.3, 0.4) is 0 Å². The van der Waals surface area contributed by atoms with E-state index in [0.29, 0.717) is 12.0 Å². The highest BCUT2D eigenvalue weighted by Gasteiger charge is 2.24. The van der Waals surface area contributed by atoms with E-state index < -0.39 is 0 Å². The standard InChI is InChI=1S/C25H43N5O2/c1-5-10-29-11-7-20(8-12-29)17-27-25(26-6-2)28-22-9-13-30(19-22)18-21-14-23(31-3)16-24(15-21)32-4/h14-16,20,22H,5-13,17-19H2,1-4H3,(H2,26,27,28). The Morgan fingerprint density at radius 3 is 2.31 bits per heavy atom. The second-order valence-electron chi connectivity index (χ2n) is 9.09. The van der Waals surface area contributed by atoms with Gasteiger partial charge in [0.2, 0.25) is 0 Å². The molecule has 1 aromatic rings. The molecule has 2 fully saturated rings. The number of likely N-dealkylation sites (tertiary alicyclic amines) is 2. The van der Waals surface area contributed by atoms with Crippen molar-refractivity contribution in [3.8, 4) is 11.5 Å². The van der Waals surface area contributed by atoms with Crippen LogP contribution in [0.2, 0.25) is 0 Å². The predicted octanol–water partition coefficient (Wildman–Crippen LogP) is 2.96. The minimum atomic E-state index is 0.423.